The first-order valence-corrected chi connectivity index (χ1v) is 9.35. The zero-order chi connectivity index (χ0) is 21.6. The number of nitrogens with zero attached hydrogens (tertiary/aromatic N) is 4. The summed E-state index contributed by atoms with van der Waals surface area (Å²) in [6.07, 6.45) is -1.09. The van der Waals surface area contributed by atoms with Gasteiger partial charge in [-0.05, 0) is 17.7 Å². The number of benzene rings is 1. The number of aromatic nitrogens is 3. The van der Waals surface area contributed by atoms with Gasteiger partial charge in [0.15, 0.2) is 0 Å². The standard InChI is InChI=1S/C20H15F3N6O2/c21-20(22,23)15-14(11-5-2-1-3-6-11)16-25-10-13(19(30)29(16)28-15)18-27-26-17(31-18)12-7-4-8-24-9-12/h1-10,14-16,25,28H. The highest BCUT2D eigenvalue weighted by molar-refractivity contribution is 6.18. The molecule has 0 aliphatic carbocycles. The van der Waals surface area contributed by atoms with Gasteiger partial charge in [-0.3, -0.25) is 9.78 Å². The van der Waals surface area contributed by atoms with Crippen LogP contribution in [-0.2, 0) is 4.79 Å². The molecule has 1 fully saturated rings. The molecule has 2 aromatic heterocycles. The number of pyridine rings is 1. The first-order valence-electron chi connectivity index (χ1n) is 9.35. The van der Waals surface area contributed by atoms with E-state index in [0.717, 1.165) is 5.01 Å². The summed E-state index contributed by atoms with van der Waals surface area (Å²) in [5, 5.41) is 11.6. The summed E-state index contributed by atoms with van der Waals surface area (Å²) in [6.45, 7) is 0. The third-order valence-electron chi connectivity index (χ3n) is 5.20. The van der Waals surface area contributed by atoms with Crippen LogP contribution in [-0.4, -0.2) is 44.5 Å². The topological polar surface area (TPSA) is 96.2 Å². The molecule has 1 amide bonds. The Kier molecular flexibility index (Phi) is 4.47. The van der Waals surface area contributed by atoms with E-state index in [4.69, 9.17) is 4.42 Å². The molecular formula is C20H15F3N6O2. The molecule has 0 saturated carbocycles. The van der Waals surface area contributed by atoms with Crippen molar-refractivity contribution in [3.05, 3.63) is 72.5 Å². The Morgan fingerprint density at radius 3 is 2.52 bits per heavy atom. The van der Waals surface area contributed by atoms with Crippen LogP contribution in [0.3, 0.4) is 0 Å². The number of hydrogen-bond donors (Lipinski definition) is 2. The molecule has 8 nitrogen and oxygen atoms in total. The number of rotatable bonds is 3. The smallest absolute Gasteiger partial charge is 0.406 e. The summed E-state index contributed by atoms with van der Waals surface area (Å²) in [5.74, 6) is -1.71. The molecule has 3 unspecified atom stereocenters. The lowest BCUT2D eigenvalue weighted by Gasteiger charge is -2.31. The van der Waals surface area contributed by atoms with Gasteiger partial charge in [-0.1, -0.05) is 30.3 Å². The maximum absolute atomic E-state index is 13.8. The molecule has 4 heterocycles. The lowest BCUT2D eigenvalue weighted by Crippen LogP contribution is -2.53. The molecule has 2 aliphatic rings. The highest BCUT2D eigenvalue weighted by Gasteiger charge is 2.57. The number of carbonyl (C=O) groups is 1. The second-order valence-electron chi connectivity index (χ2n) is 7.08. The van der Waals surface area contributed by atoms with E-state index in [1.54, 1.807) is 48.7 Å². The molecule has 1 saturated heterocycles. The van der Waals surface area contributed by atoms with E-state index in [2.05, 4.69) is 25.9 Å². The molecule has 5 rings (SSSR count). The van der Waals surface area contributed by atoms with E-state index < -0.39 is 30.2 Å². The molecule has 2 N–H and O–H groups in total. The van der Waals surface area contributed by atoms with Gasteiger partial charge in [-0.25, -0.2) is 10.4 Å². The fraction of sp³-hybridized carbons (Fsp3) is 0.200. The Balaban J connectivity index is 1.48. The van der Waals surface area contributed by atoms with Gasteiger partial charge in [-0.15, -0.1) is 10.2 Å². The van der Waals surface area contributed by atoms with Gasteiger partial charge < -0.3 is 9.73 Å². The van der Waals surface area contributed by atoms with Crippen LogP contribution in [0.15, 0.2) is 65.5 Å². The first kappa shape index (κ1) is 19.2. The average Bonchev–Trinajstić information content (AvgIpc) is 3.41. The molecular weight excluding hydrogens is 413 g/mol. The van der Waals surface area contributed by atoms with Crippen molar-refractivity contribution in [1.82, 2.24) is 30.9 Å². The minimum absolute atomic E-state index is 0.0407. The van der Waals surface area contributed by atoms with E-state index in [-0.39, 0.29) is 17.4 Å². The van der Waals surface area contributed by atoms with Gasteiger partial charge in [0.25, 0.3) is 11.8 Å². The minimum Gasteiger partial charge on any atom is -0.416 e. The molecule has 0 radical (unpaired) electrons. The number of amides is 1. The largest absolute Gasteiger partial charge is 0.416 e. The molecule has 11 heteroatoms. The zero-order valence-electron chi connectivity index (χ0n) is 15.7. The second kappa shape index (κ2) is 7.20. The Hall–Kier alpha value is -3.73. The SMILES string of the molecule is O=C1C(c2nnc(-c3cccnc3)o2)=CNC2C(c3ccccc3)C(C(F)(F)F)NN12. The quantitative estimate of drug-likeness (QED) is 0.662. The van der Waals surface area contributed by atoms with Crippen molar-refractivity contribution in [1.29, 1.82) is 0 Å². The van der Waals surface area contributed by atoms with Crippen LogP contribution in [0.4, 0.5) is 13.2 Å². The molecule has 1 aromatic carbocycles. The maximum atomic E-state index is 13.8. The molecule has 0 bridgehead atoms. The molecule has 0 spiro atoms. The summed E-state index contributed by atoms with van der Waals surface area (Å²) in [6, 6.07) is 9.71. The fourth-order valence-electron chi connectivity index (χ4n) is 3.79. The predicted molar refractivity (Wildman–Crippen MR) is 101 cm³/mol. The summed E-state index contributed by atoms with van der Waals surface area (Å²) < 4.78 is 46.9. The van der Waals surface area contributed by atoms with Gasteiger partial charge in [0.05, 0.1) is 11.5 Å². The number of hydrogen-bond acceptors (Lipinski definition) is 7. The van der Waals surface area contributed by atoms with Crippen LogP contribution < -0.4 is 10.7 Å². The van der Waals surface area contributed by atoms with E-state index in [1.807, 2.05) is 0 Å². The first-order chi connectivity index (χ1) is 14.9. The molecule has 3 aromatic rings. The third-order valence-corrected chi connectivity index (χ3v) is 5.20. The second-order valence-corrected chi connectivity index (χ2v) is 7.08. The summed E-state index contributed by atoms with van der Waals surface area (Å²) in [5.41, 5.74) is 3.29. The van der Waals surface area contributed by atoms with Crippen LogP contribution >= 0.6 is 0 Å². The summed E-state index contributed by atoms with van der Waals surface area (Å²) in [7, 11) is 0. The van der Waals surface area contributed by atoms with Gasteiger partial charge in [-0.2, -0.15) is 13.2 Å². The number of alkyl halides is 3. The van der Waals surface area contributed by atoms with Crippen LogP contribution in [0.5, 0.6) is 0 Å². The van der Waals surface area contributed by atoms with Gasteiger partial charge in [0.1, 0.15) is 17.8 Å². The van der Waals surface area contributed by atoms with Gasteiger partial charge in [0, 0.05) is 18.6 Å². The van der Waals surface area contributed by atoms with Crippen LogP contribution in [0, 0.1) is 0 Å². The maximum Gasteiger partial charge on any atom is 0.406 e. The third kappa shape index (κ3) is 3.32. The Labute approximate surface area is 173 Å². The monoisotopic (exact) mass is 428 g/mol. The van der Waals surface area contributed by atoms with E-state index >= 15 is 0 Å². The summed E-state index contributed by atoms with van der Waals surface area (Å²) >= 11 is 0. The average molecular weight is 428 g/mol. The number of carbonyl (C=O) groups excluding carboxylic acids is 1. The number of hydrazine groups is 1. The van der Waals surface area contributed by atoms with E-state index in [1.165, 1.54) is 12.4 Å². The van der Waals surface area contributed by atoms with Gasteiger partial charge in [0.2, 0.25) is 5.89 Å². The van der Waals surface area contributed by atoms with Crippen molar-refractivity contribution in [2.24, 2.45) is 0 Å². The Morgan fingerprint density at radius 1 is 1.03 bits per heavy atom. The molecule has 2 aliphatic heterocycles. The molecule has 3 atom stereocenters. The van der Waals surface area contributed by atoms with Crippen molar-refractivity contribution >= 4 is 11.5 Å². The van der Waals surface area contributed by atoms with Crippen molar-refractivity contribution in [3.8, 4) is 11.5 Å². The lowest BCUT2D eigenvalue weighted by molar-refractivity contribution is -0.161. The van der Waals surface area contributed by atoms with Crippen molar-refractivity contribution in [2.45, 2.75) is 24.3 Å². The Morgan fingerprint density at radius 2 is 1.81 bits per heavy atom. The molecule has 158 valence electrons. The van der Waals surface area contributed by atoms with Gasteiger partial charge >= 0.3 is 6.18 Å². The number of fused-ring (bicyclic) bond motifs is 1. The normalized spacial score (nSPS) is 23.3. The van der Waals surface area contributed by atoms with Crippen LogP contribution in [0.2, 0.25) is 0 Å². The van der Waals surface area contributed by atoms with E-state index in [0.29, 0.717) is 11.1 Å². The number of nitrogens with one attached hydrogen (secondary N) is 2. The highest BCUT2D eigenvalue weighted by Crippen LogP contribution is 2.41. The molecule has 31 heavy (non-hydrogen) atoms. The fourth-order valence-corrected chi connectivity index (χ4v) is 3.79. The van der Waals surface area contributed by atoms with Crippen molar-refractivity contribution < 1.29 is 22.4 Å². The van der Waals surface area contributed by atoms with Crippen LogP contribution in [0.25, 0.3) is 17.0 Å². The highest BCUT2D eigenvalue weighted by atomic mass is 19.4. The number of halogens is 3. The minimum atomic E-state index is -4.57. The predicted octanol–water partition coefficient (Wildman–Crippen LogP) is 2.46. The lowest BCUT2D eigenvalue weighted by atomic mass is 9.89. The van der Waals surface area contributed by atoms with Crippen molar-refractivity contribution in [3.63, 3.8) is 0 Å². The van der Waals surface area contributed by atoms with Crippen LogP contribution in [0.1, 0.15) is 17.4 Å². The summed E-state index contributed by atoms with van der Waals surface area (Å²) in [4.78, 5) is 17.0. The van der Waals surface area contributed by atoms with E-state index in [9.17, 15) is 18.0 Å². The zero-order valence-corrected chi connectivity index (χ0v) is 15.7. The Bertz CT molecular complexity index is 1130. The van der Waals surface area contributed by atoms with Crippen molar-refractivity contribution in [2.75, 3.05) is 0 Å².